The van der Waals surface area contributed by atoms with Crippen molar-refractivity contribution in [1.29, 1.82) is 5.26 Å². The van der Waals surface area contributed by atoms with E-state index in [1.54, 1.807) is 0 Å². The largest absolute Gasteiger partial charge is 0.504 e. The third kappa shape index (κ3) is 5.58. The quantitative estimate of drug-likeness (QED) is 0.350. The van der Waals surface area contributed by atoms with Gasteiger partial charge in [0, 0.05) is 11.5 Å². The summed E-state index contributed by atoms with van der Waals surface area (Å²) in [7, 11) is 0. The van der Waals surface area contributed by atoms with Gasteiger partial charge in [0.25, 0.3) is 0 Å². The number of hydrogen-bond donors (Lipinski definition) is 2. The summed E-state index contributed by atoms with van der Waals surface area (Å²) in [4.78, 5) is 26.1. The van der Waals surface area contributed by atoms with Crippen molar-refractivity contribution in [3.63, 3.8) is 0 Å². The Balaban J connectivity index is 2.06. The van der Waals surface area contributed by atoms with Crippen LogP contribution in [0.25, 0.3) is 0 Å². The molecule has 2 aliphatic rings. The van der Waals surface area contributed by atoms with Crippen molar-refractivity contribution in [3.05, 3.63) is 34.1 Å². The summed E-state index contributed by atoms with van der Waals surface area (Å²) < 4.78 is 5.47. The van der Waals surface area contributed by atoms with Crippen molar-refractivity contribution < 1.29 is 19.4 Å². The Hall–Kier alpha value is -2.55. The molecule has 0 aromatic carbocycles. The van der Waals surface area contributed by atoms with E-state index in [4.69, 9.17) is 10.5 Å². The molecule has 1 atom stereocenters. The summed E-state index contributed by atoms with van der Waals surface area (Å²) in [6.45, 7) is 7.77. The number of carbonyl (C=O) groups excluding carboxylic acids is 2. The van der Waals surface area contributed by atoms with Crippen molar-refractivity contribution in [2.75, 3.05) is 0 Å². The zero-order valence-corrected chi connectivity index (χ0v) is 19.3. The first-order valence-electron chi connectivity index (χ1n) is 11.5. The summed E-state index contributed by atoms with van der Waals surface area (Å²) in [5.41, 5.74) is 5.61. The molecular formula is C25H36N2O4. The van der Waals surface area contributed by atoms with Crippen LogP contribution in [-0.2, 0) is 14.3 Å². The number of aliphatic hydroxyl groups excluding tert-OH is 1. The maximum Gasteiger partial charge on any atom is 0.228 e. The van der Waals surface area contributed by atoms with Crippen molar-refractivity contribution in [3.8, 4) is 6.07 Å². The fraction of sp³-hybridized carbons (Fsp3) is 0.640. The van der Waals surface area contributed by atoms with E-state index >= 15 is 0 Å². The number of ether oxygens (including phenoxy) is 1. The van der Waals surface area contributed by atoms with Crippen LogP contribution in [0.1, 0.15) is 91.9 Å². The summed E-state index contributed by atoms with van der Waals surface area (Å²) in [6.07, 6.45) is 10.5. The first-order chi connectivity index (χ1) is 14.6. The van der Waals surface area contributed by atoms with Crippen molar-refractivity contribution in [2.24, 2.45) is 17.1 Å². The molecule has 1 unspecified atom stereocenters. The van der Waals surface area contributed by atoms with Gasteiger partial charge in [0.2, 0.25) is 17.4 Å². The predicted octanol–water partition coefficient (Wildman–Crippen LogP) is 5.51. The summed E-state index contributed by atoms with van der Waals surface area (Å²) in [5, 5.41) is 20.1. The zero-order chi connectivity index (χ0) is 23.2. The number of ketones is 2. The van der Waals surface area contributed by atoms with Gasteiger partial charge in [-0.2, -0.15) is 5.26 Å². The molecule has 0 bridgehead atoms. The first-order valence-corrected chi connectivity index (χ1v) is 11.5. The molecule has 170 valence electrons. The standard InChI is InChI=1S/C25H36N2O4/c1-5-6-7-8-9-10-11-12-13-14-16-20(28)22(30)18-19(25(2,3)4)17(15-26)24(27)31-23(18)21(16)29/h19,28H,5-14,27H2,1-4H3. The summed E-state index contributed by atoms with van der Waals surface area (Å²) in [6, 6.07) is 2.01. The van der Waals surface area contributed by atoms with Gasteiger partial charge < -0.3 is 15.6 Å². The third-order valence-electron chi connectivity index (χ3n) is 6.04. The molecule has 0 aromatic rings. The lowest BCUT2D eigenvalue weighted by molar-refractivity contribution is -0.121. The Morgan fingerprint density at radius 3 is 2.06 bits per heavy atom. The highest BCUT2D eigenvalue weighted by Gasteiger charge is 2.48. The smallest absolute Gasteiger partial charge is 0.228 e. The van der Waals surface area contributed by atoms with E-state index in [0.717, 1.165) is 19.3 Å². The fourth-order valence-electron chi connectivity index (χ4n) is 4.38. The molecule has 1 heterocycles. The van der Waals surface area contributed by atoms with E-state index in [-0.39, 0.29) is 28.4 Å². The summed E-state index contributed by atoms with van der Waals surface area (Å²) >= 11 is 0. The van der Waals surface area contributed by atoms with Crippen LogP contribution >= 0.6 is 0 Å². The molecule has 0 spiro atoms. The minimum Gasteiger partial charge on any atom is -0.504 e. The van der Waals surface area contributed by atoms with Gasteiger partial charge in [-0.1, -0.05) is 79.1 Å². The third-order valence-corrected chi connectivity index (χ3v) is 6.04. The Morgan fingerprint density at radius 2 is 1.55 bits per heavy atom. The molecule has 0 fully saturated rings. The number of Topliss-reactive ketones (excluding diaryl/α,β-unsaturated/α-hetero) is 2. The Kier molecular flexibility index (Phi) is 8.50. The van der Waals surface area contributed by atoms with Crippen molar-refractivity contribution in [2.45, 2.75) is 91.9 Å². The van der Waals surface area contributed by atoms with E-state index < -0.39 is 28.7 Å². The van der Waals surface area contributed by atoms with Crippen molar-refractivity contribution >= 4 is 11.6 Å². The fourth-order valence-corrected chi connectivity index (χ4v) is 4.38. The molecule has 0 saturated carbocycles. The molecule has 0 saturated heterocycles. The molecule has 6 nitrogen and oxygen atoms in total. The molecule has 1 aliphatic carbocycles. The van der Waals surface area contributed by atoms with Gasteiger partial charge >= 0.3 is 0 Å². The molecule has 2 rings (SSSR count). The first kappa shape index (κ1) is 24.7. The number of aliphatic hydroxyl groups is 1. The number of nitrogens with zero attached hydrogens (tertiary/aromatic N) is 1. The van der Waals surface area contributed by atoms with Crippen LogP contribution in [0.3, 0.4) is 0 Å². The maximum atomic E-state index is 13.1. The van der Waals surface area contributed by atoms with Crippen LogP contribution in [0.2, 0.25) is 0 Å². The minimum atomic E-state index is -0.714. The molecular weight excluding hydrogens is 392 g/mol. The molecule has 1 aliphatic heterocycles. The second kappa shape index (κ2) is 10.7. The highest BCUT2D eigenvalue weighted by atomic mass is 16.5. The molecule has 3 N–H and O–H groups in total. The number of rotatable bonds is 10. The number of hydrogen-bond acceptors (Lipinski definition) is 6. The van der Waals surface area contributed by atoms with Crippen LogP contribution in [0.4, 0.5) is 0 Å². The molecule has 31 heavy (non-hydrogen) atoms. The Bertz CT molecular complexity index is 850. The van der Waals surface area contributed by atoms with Crippen LogP contribution < -0.4 is 5.73 Å². The van der Waals surface area contributed by atoms with E-state index in [0.29, 0.717) is 12.8 Å². The average molecular weight is 429 g/mol. The maximum absolute atomic E-state index is 13.1. The predicted molar refractivity (Wildman–Crippen MR) is 119 cm³/mol. The summed E-state index contributed by atoms with van der Waals surface area (Å²) in [5.74, 6) is -2.65. The molecule has 0 radical (unpaired) electrons. The Morgan fingerprint density at radius 1 is 1.00 bits per heavy atom. The number of unbranched alkanes of at least 4 members (excludes halogenated alkanes) is 8. The van der Waals surface area contributed by atoms with Gasteiger partial charge in [-0.15, -0.1) is 0 Å². The second-order valence-electron chi connectivity index (χ2n) is 9.60. The lowest BCUT2D eigenvalue weighted by Gasteiger charge is -2.37. The topological polar surface area (TPSA) is 113 Å². The van der Waals surface area contributed by atoms with Gasteiger partial charge in [0.1, 0.15) is 6.07 Å². The minimum absolute atomic E-state index is 0.0385. The van der Waals surface area contributed by atoms with Crippen LogP contribution in [-0.4, -0.2) is 16.7 Å². The highest BCUT2D eigenvalue weighted by Crippen LogP contribution is 2.46. The van der Waals surface area contributed by atoms with Crippen molar-refractivity contribution in [1.82, 2.24) is 0 Å². The van der Waals surface area contributed by atoms with E-state index in [2.05, 4.69) is 6.92 Å². The average Bonchev–Trinajstić information content (AvgIpc) is 2.71. The van der Waals surface area contributed by atoms with E-state index in [9.17, 15) is 20.0 Å². The molecule has 0 amide bonds. The lowest BCUT2D eigenvalue weighted by atomic mass is 9.68. The Labute approximate surface area is 185 Å². The van der Waals surface area contributed by atoms with Gasteiger partial charge in [-0.05, 0) is 18.3 Å². The van der Waals surface area contributed by atoms with Gasteiger partial charge in [-0.25, -0.2) is 0 Å². The molecule has 0 aromatic heterocycles. The number of allylic oxidation sites excluding steroid dienone is 3. The van der Waals surface area contributed by atoms with Gasteiger partial charge in [0.05, 0.1) is 11.1 Å². The van der Waals surface area contributed by atoms with Gasteiger partial charge in [-0.3, -0.25) is 9.59 Å². The monoisotopic (exact) mass is 428 g/mol. The normalized spacial score (nSPS) is 19.5. The SMILES string of the molecule is CCCCCCCCCCCC1=C(O)C(=O)C2=C(OC(N)=C(C#N)C2C(C)(C)C)C1=O. The lowest BCUT2D eigenvalue weighted by Crippen LogP contribution is -2.39. The van der Waals surface area contributed by atoms with Crippen LogP contribution in [0.5, 0.6) is 0 Å². The number of nitrogens with two attached hydrogens (primary N) is 1. The van der Waals surface area contributed by atoms with E-state index in [1.165, 1.54) is 32.1 Å². The molecule has 6 heteroatoms. The van der Waals surface area contributed by atoms with Gasteiger partial charge in [0.15, 0.2) is 11.5 Å². The van der Waals surface area contributed by atoms with Crippen LogP contribution in [0, 0.1) is 22.7 Å². The van der Waals surface area contributed by atoms with E-state index in [1.807, 2.05) is 26.8 Å². The highest BCUT2D eigenvalue weighted by molar-refractivity contribution is 6.24. The zero-order valence-electron chi connectivity index (χ0n) is 19.3. The second-order valence-corrected chi connectivity index (χ2v) is 9.60. The number of nitriles is 1. The van der Waals surface area contributed by atoms with Crippen LogP contribution in [0.15, 0.2) is 34.1 Å². The number of carbonyl (C=O) groups is 2.